The lowest BCUT2D eigenvalue weighted by molar-refractivity contribution is -0.119. The van der Waals surface area contributed by atoms with Crippen LogP contribution in [-0.2, 0) is 4.79 Å². The van der Waals surface area contributed by atoms with E-state index < -0.39 is 6.04 Å². The monoisotopic (exact) mass is 395 g/mol. The molecule has 0 unspecified atom stereocenters. The normalized spacial score (nSPS) is 12.2. The van der Waals surface area contributed by atoms with Crippen LogP contribution in [0.4, 0.5) is 5.69 Å². The number of amides is 1. The van der Waals surface area contributed by atoms with E-state index in [1.807, 2.05) is 26.0 Å². The number of hydrogen-bond acceptors (Lipinski definition) is 7. The van der Waals surface area contributed by atoms with Crippen molar-refractivity contribution in [3.05, 3.63) is 58.1 Å². The van der Waals surface area contributed by atoms with Crippen LogP contribution < -0.4 is 10.9 Å². The molecule has 1 N–H and O–H groups in total. The van der Waals surface area contributed by atoms with Crippen LogP contribution in [0.15, 0.2) is 41.2 Å². The van der Waals surface area contributed by atoms with Crippen LogP contribution in [0.3, 0.4) is 0 Å². The van der Waals surface area contributed by atoms with Crippen molar-refractivity contribution < 1.29 is 4.79 Å². The number of aryl methyl sites for hydroxylation is 2. The maximum absolute atomic E-state index is 12.8. The van der Waals surface area contributed by atoms with E-state index in [1.54, 1.807) is 29.8 Å². The van der Waals surface area contributed by atoms with Gasteiger partial charge in [-0.2, -0.15) is 13.8 Å². The van der Waals surface area contributed by atoms with Gasteiger partial charge in [0.2, 0.25) is 5.91 Å². The zero-order valence-corrected chi connectivity index (χ0v) is 16.3. The summed E-state index contributed by atoms with van der Waals surface area (Å²) in [7, 11) is 0. The standard InChI is InChI=1S/C18H17N7O2S/c1-10-9-11(2)24(20-10)15-7-8-16(26)25(21-15)12(3)18(27)19-13-5-4-6-14-17(13)23-28-22-14/h4-9,12H,1-3H3,(H,19,27)/t12-/m0/s1. The van der Waals surface area contributed by atoms with Crippen LogP contribution in [0, 0.1) is 13.8 Å². The van der Waals surface area contributed by atoms with Crippen molar-refractivity contribution in [1.29, 1.82) is 0 Å². The molecule has 3 aromatic heterocycles. The average molecular weight is 395 g/mol. The van der Waals surface area contributed by atoms with Gasteiger partial charge < -0.3 is 5.32 Å². The molecule has 1 amide bonds. The highest BCUT2D eigenvalue weighted by molar-refractivity contribution is 7.00. The van der Waals surface area contributed by atoms with Crippen LogP contribution >= 0.6 is 11.7 Å². The lowest BCUT2D eigenvalue weighted by Crippen LogP contribution is -2.33. The number of rotatable bonds is 4. The van der Waals surface area contributed by atoms with Crippen LogP contribution in [-0.4, -0.2) is 34.2 Å². The second-order valence-corrected chi connectivity index (χ2v) is 6.94. The lowest BCUT2D eigenvalue weighted by Gasteiger charge is -2.15. The van der Waals surface area contributed by atoms with Gasteiger partial charge in [0.1, 0.15) is 17.1 Å². The number of aromatic nitrogens is 6. The number of nitrogens with zero attached hydrogens (tertiary/aromatic N) is 6. The van der Waals surface area contributed by atoms with Gasteiger partial charge in [-0.3, -0.25) is 9.59 Å². The van der Waals surface area contributed by atoms with Gasteiger partial charge in [0.25, 0.3) is 5.56 Å². The topological polar surface area (TPSA) is 108 Å². The summed E-state index contributed by atoms with van der Waals surface area (Å²) in [4.78, 5) is 25.1. The van der Waals surface area contributed by atoms with Gasteiger partial charge >= 0.3 is 0 Å². The molecule has 28 heavy (non-hydrogen) atoms. The fourth-order valence-corrected chi connectivity index (χ4v) is 3.47. The molecule has 0 fully saturated rings. The number of carbonyl (C=O) groups excluding carboxylic acids is 1. The van der Waals surface area contributed by atoms with E-state index in [-0.39, 0.29) is 11.5 Å². The SMILES string of the molecule is Cc1cc(C)n(-c2ccc(=O)n([C@@H](C)C(=O)Nc3cccc4nsnc34)n2)n1. The maximum atomic E-state index is 12.8. The van der Waals surface area contributed by atoms with Crippen molar-refractivity contribution in [3.8, 4) is 5.82 Å². The molecule has 0 radical (unpaired) electrons. The summed E-state index contributed by atoms with van der Waals surface area (Å²) in [5.41, 5.74) is 3.22. The van der Waals surface area contributed by atoms with E-state index in [0.29, 0.717) is 22.5 Å². The lowest BCUT2D eigenvalue weighted by atomic mass is 10.2. The Balaban J connectivity index is 1.65. The molecule has 1 aromatic carbocycles. The van der Waals surface area contributed by atoms with Gasteiger partial charge in [-0.25, -0.2) is 9.36 Å². The third-order valence-electron chi connectivity index (χ3n) is 4.33. The Bertz CT molecular complexity index is 1240. The molecule has 0 saturated carbocycles. The number of benzene rings is 1. The Morgan fingerprint density at radius 2 is 1.96 bits per heavy atom. The van der Waals surface area contributed by atoms with Crippen molar-refractivity contribution in [2.75, 3.05) is 5.32 Å². The first-order valence-electron chi connectivity index (χ1n) is 8.59. The maximum Gasteiger partial charge on any atom is 0.267 e. The van der Waals surface area contributed by atoms with E-state index >= 15 is 0 Å². The fraction of sp³-hybridized carbons (Fsp3) is 0.222. The number of carbonyl (C=O) groups is 1. The second kappa shape index (κ2) is 6.97. The van der Waals surface area contributed by atoms with Gasteiger partial charge in [0.15, 0.2) is 5.82 Å². The third kappa shape index (κ3) is 3.18. The van der Waals surface area contributed by atoms with Crippen molar-refractivity contribution in [2.24, 2.45) is 0 Å². The van der Waals surface area contributed by atoms with Crippen molar-refractivity contribution in [1.82, 2.24) is 28.3 Å². The minimum atomic E-state index is -0.828. The minimum absolute atomic E-state index is 0.374. The summed E-state index contributed by atoms with van der Waals surface area (Å²) in [5.74, 6) is 0.0938. The molecule has 1 atom stereocenters. The largest absolute Gasteiger partial charge is 0.322 e. The molecular formula is C18H17N7O2S. The number of fused-ring (bicyclic) bond motifs is 1. The average Bonchev–Trinajstić information content (AvgIpc) is 3.28. The van der Waals surface area contributed by atoms with Gasteiger partial charge in [0, 0.05) is 11.8 Å². The molecule has 0 spiro atoms. The zero-order valence-electron chi connectivity index (χ0n) is 15.4. The summed E-state index contributed by atoms with van der Waals surface area (Å²) >= 11 is 1.08. The summed E-state index contributed by atoms with van der Waals surface area (Å²) in [5, 5.41) is 11.5. The molecule has 0 saturated heterocycles. The fourth-order valence-electron chi connectivity index (χ4n) is 2.92. The van der Waals surface area contributed by atoms with E-state index in [4.69, 9.17) is 0 Å². The number of nitrogens with one attached hydrogen (secondary N) is 1. The Morgan fingerprint density at radius 3 is 2.71 bits per heavy atom. The summed E-state index contributed by atoms with van der Waals surface area (Å²) in [6, 6.07) is 9.41. The molecular weight excluding hydrogens is 378 g/mol. The van der Waals surface area contributed by atoms with Gasteiger partial charge in [0.05, 0.1) is 23.1 Å². The van der Waals surface area contributed by atoms with Crippen LogP contribution in [0.2, 0.25) is 0 Å². The smallest absolute Gasteiger partial charge is 0.267 e. The van der Waals surface area contributed by atoms with Crippen molar-refractivity contribution >= 4 is 34.4 Å². The Kier molecular flexibility index (Phi) is 4.47. The minimum Gasteiger partial charge on any atom is -0.322 e. The molecule has 10 heteroatoms. The first-order chi connectivity index (χ1) is 13.4. The predicted octanol–water partition coefficient (Wildman–Crippen LogP) is 2.25. The molecule has 4 rings (SSSR count). The quantitative estimate of drug-likeness (QED) is 0.568. The van der Waals surface area contributed by atoms with E-state index in [0.717, 1.165) is 27.8 Å². The highest BCUT2D eigenvalue weighted by Crippen LogP contribution is 2.22. The van der Waals surface area contributed by atoms with Crippen molar-refractivity contribution in [2.45, 2.75) is 26.8 Å². The Morgan fingerprint density at radius 1 is 1.14 bits per heavy atom. The van der Waals surface area contributed by atoms with Crippen molar-refractivity contribution in [3.63, 3.8) is 0 Å². The molecule has 0 aliphatic carbocycles. The van der Waals surface area contributed by atoms with Gasteiger partial charge in [-0.15, -0.1) is 5.10 Å². The van der Waals surface area contributed by atoms with Gasteiger partial charge in [-0.1, -0.05) is 6.07 Å². The summed E-state index contributed by atoms with van der Waals surface area (Å²) < 4.78 is 11.2. The predicted molar refractivity (Wildman–Crippen MR) is 106 cm³/mol. The van der Waals surface area contributed by atoms with Crippen LogP contribution in [0.5, 0.6) is 0 Å². The van der Waals surface area contributed by atoms with E-state index in [1.165, 1.54) is 6.07 Å². The molecule has 3 heterocycles. The third-order valence-corrected chi connectivity index (χ3v) is 4.87. The first-order valence-corrected chi connectivity index (χ1v) is 9.33. The number of hydrogen-bond donors (Lipinski definition) is 1. The van der Waals surface area contributed by atoms with E-state index in [9.17, 15) is 9.59 Å². The highest BCUT2D eigenvalue weighted by atomic mass is 32.1. The molecule has 0 aliphatic rings. The molecule has 4 aromatic rings. The molecule has 0 bridgehead atoms. The molecule has 0 aliphatic heterocycles. The van der Waals surface area contributed by atoms with E-state index in [2.05, 4.69) is 24.3 Å². The summed E-state index contributed by atoms with van der Waals surface area (Å²) in [6.07, 6.45) is 0. The second-order valence-electron chi connectivity index (χ2n) is 6.42. The number of anilines is 1. The Hall–Kier alpha value is -3.40. The highest BCUT2D eigenvalue weighted by Gasteiger charge is 2.20. The van der Waals surface area contributed by atoms with Crippen LogP contribution in [0.25, 0.3) is 16.9 Å². The van der Waals surface area contributed by atoms with Crippen LogP contribution in [0.1, 0.15) is 24.4 Å². The zero-order chi connectivity index (χ0) is 19.8. The first kappa shape index (κ1) is 18.0. The molecule has 142 valence electrons. The van der Waals surface area contributed by atoms with Gasteiger partial charge in [-0.05, 0) is 45.0 Å². The molecule has 9 nitrogen and oxygen atoms in total. The summed E-state index contributed by atoms with van der Waals surface area (Å²) in [6.45, 7) is 5.40. The Labute approximate surface area is 164 Å².